The normalized spacial score (nSPS) is 9.70. The molecule has 2 rings (SSSR count). The molecule has 0 aliphatic carbocycles. The minimum Gasteiger partial charge on any atom is -0.352 e. The lowest BCUT2D eigenvalue weighted by molar-refractivity contribution is -0.120. The molecule has 0 aliphatic heterocycles. The Labute approximate surface area is 134 Å². The second-order valence-corrected chi connectivity index (χ2v) is 5.02. The summed E-state index contributed by atoms with van der Waals surface area (Å²) in [6.45, 7) is 0.429. The van der Waals surface area contributed by atoms with Crippen molar-refractivity contribution in [2.75, 3.05) is 5.32 Å². The van der Waals surface area contributed by atoms with Gasteiger partial charge in [0.05, 0.1) is 12.5 Å². The third kappa shape index (κ3) is 5.64. The Balaban J connectivity index is 1.81. The molecule has 0 heterocycles. The number of nitrogens with zero attached hydrogens (tertiary/aromatic N) is 1. The van der Waals surface area contributed by atoms with E-state index in [1.54, 1.807) is 18.2 Å². The summed E-state index contributed by atoms with van der Waals surface area (Å²) < 4.78 is 0. The van der Waals surface area contributed by atoms with Gasteiger partial charge in [0, 0.05) is 12.2 Å². The molecule has 2 aromatic rings. The van der Waals surface area contributed by atoms with Crippen molar-refractivity contribution in [1.82, 2.24) is 5.32 Å². The van der Waals surface area contributed by atoms with Gasteiger partial charge in [0.2, 0.25) is 11.8 Å². The highest BCUT2D eigenvalue weighted by atomic mass is 16.2. The topological polar surface area (TPSA) is 82.0 Å². The summed E-state index contributed by atoms with van der Waals surface area (Å²) in [6, 6.07) is 18.5. The minimum atomic E-state index is -0.337. The van der Waals surface area contributed by atoms with E-state index in [2.05, 4.69) is 10.6 Å². The summed E-state index contributed by atoms with van der Waals surface area (Å²) >= 11 is 0. The first-order valence-electron chi connectivity index (χ1n) is 7.24. The molecular weight excluding hydrogens is 290 g/mol. The molecule has 0 radical (unpaired) electrons. The first-order valence-corrected chi connectivity index (χ1v) is 7.24. The van der Waals surface area contributed by atoms with Gasteiger partial charge in [-0.1, -0.05) is 42.5 Å². The van der Waals surface area contributed by atoms with E-state index in [1.165, 1.54) is 0 Å². The maximum Gasteiger partial charge on any atom is 0.238 e. The number of nitriles is 1. The van der Waals surface area contributed by atoms with Crippen LogP contribution in [0.2, 0.25) is 0 Å². The lowest BCUT2D eigenvalue weighted by Crippen LogP contribution is -2.24. The van der Waals surface area contributed by atoms with Crippen LogP contribution in [0.5, 0.6) is 0 Å². The van der Waals surface area contributed by atoms with E-state index in [-0.39, 0.29) is 18.2 Å². The van der Waals surface area contributed by atoms with Crippen LogP contribution in [0, 0.1) is 11.3 Å². The standard InChI is InChI=1S/C18H17N3O2/c19-11-10-17(22)21-16-8-6-15(7-9-16)13-20-18(23)12-14-4-2-1-3-5-14/h1-9H,10,12-13H2,(H,20,23)(H,21,22). The van der Waals surface area contributed by atoms with Crippen LogP contribution in [-0.4, -0.2) is 11.8 Å². The van der Waals surface area contributed by atoms with Crippen molar-refractivity contribution in [3.8, 4) is 6.07 Å². The van der Waals surface area contributed by atoms with Gasteiger partial charge in [0.1, 0.15) is 6.42 Å². The molecule has 0 saturated carbocycles. The number of carbonyl (C=O) groups excluding carboxylic acids is 2. The molecule has 5 nitrogen and oxygen atoms in total. The average molecular weight is 307 g/mol. The number of amides is 2. The molecule has 0 atom stereocenters. The fraction of sp³-hybridized carbons (Fsp3) is 0.167. The van der Waals surface area contributed by atoms with Gasteiger partial charge in [0.25, 0.3) is 0 Å². The third-order valence-corrected chi connectivity index (χ3v) is 3.17. The molecule has 116 valence electrons. The Hall–Kier alpha value is -3.13. The van der Waals surface area contributed by atoms with Crippen molar-refractivity contribution in [1.29, 1.82) is 5.26 Å². The fourth-order valence-corrected chi connectivity index (χ4v) is 2.03. The minimum absolute atomic E-state index is 0.0393. The molecular formula is C18H17N3O2. The van der Waals surface area contributed by atoms with Gasteiger partial charge in [0.15, 0.2) is 0 Å². The third-order valence-electron chi connectivity index (χ3n) is 3.17. The van der Waals surface area contributed by atoms with Gasteiger partial charge < -0.3 is 10.6 Å². The van der Waals surface area contributed by atoms with E-state index < -0.39 is 0 Å². The highest BCUT2D eigenvalue weighted by Crippen LogP contribution is 2.10. The zero-order valence-corrected chi connectivity index (χ0v) is 12.6. The molecule has 0 aliphatic rings. The number of anilines is 1. The maximum absolute atomic E-state index is 11.9. The molecule has 0 spiro atoms. The molecule has 0 unspecified atom stereocenters. The molecule has 0 aromatic heterocycles. The smallest absolute Gasteiger partial charge is 0.238 e. The van der Waals surface area contributed by atoms with Crippen molar-refractivity contribution in [2.45, 2.75) is 19.4 Å². The predicted octanol–water partition coefficient (Wildman–Crippen LogP) is 2.40. The lowest BCUT2D eigenvalue weighted by atomic mass is 10.1. The van der Waals surface area contributed by atoms with E-state index in [4.69, 9.17) is 5.26 Å². The first kappa shape index (κ1) is 16.2. The number of benzene rings is 2. The van der Waals surface area contributed by atoms with Crippen molar-refractivity contribution >= 4 is 17.5 Å². The highest BCUT2D eigenvalue weighted by molar-refractivity contribution is 5.92. The van der Waals surface area contributed by atoms with Crippen LogP contribution in [0.1, 0.15) is 17.5 Å². The van der Waals surface area contributed by atoms with Crippen molar-refractivity contribution in [3.63, 3.8) is 0 Å². The summed E-state index contributed by atoms with van der Waals surface area (Å²) in [7, 11) is 0. The fourth-order valence-electron chi connectivity index (χ4n) is 2.03. The quantitative estimate of drug-likeness (QED) is 0.859. The van der Waals surface area contributed by atoms with Crippen LogP contribution in [0.3, 0.4) is 0 Å². The number of carbonyl (C=O) groups is 2. The molecule has 2 aromatic carbocycles. The van der Waals surface area contributed by atoms with Crippen LogP contribution in [0.4, 0.5) is 5.69 Å². The second kappa shape index (κ2) is 8.35. The average Bonchev–Trinajstić information content (AvgIpc) is 2.55. The van der Waals surface area contributed by atoms with Crippen LogP contribution in [0.15, 0.2) is 54.6 Å². The van der Waals surface area contributed by atoms with Crippen LogP contribution >= 0.6 is 0 Å². The Bertz CT molecular complexity index is 703. The van der Waals surface area contributed by atoms with Crippen molar-refractivity contribution in [3.05, 3.63) is 65.7 Å². The molecule has 0 saturated heterocycles. The van der Waals surface area contributed by atoms with Gasteiger partial charge in [-0.25, -0.2) is 0 Å². The maximum atomic E-state index is 11.9. The van der Waals surface area contributed by atoms with E-state index in [0.29, 0.717) is 18.7 Å². The Morgan fingerprint density at radius 1 is 0.913 bits per heavy atom. The number of hydrogen-bond acceptors (Lipinski definition) is 3. The van der Waals surface area contributed by atoms with Crippen LogP contribution in [-0.2, 0) is 22.6 Å². The van der Waals surface area contributed by atoms with Gasteiger partial charge in [-0.15, -0.1) is 0 Å². The highest BCUT2D eigenvalue weighted by Gasteiger charge is 2.04. The summed E-state index contributed by atoms with van der Waals surface area (Å²) in [4.78, 5) is 23.2. The van der Waals surface area contributed by atoms with E-state index in [9.17, 15) is 9.59 Å². The predicted molar refractivity (Wildman–Crippen MR) is 87.3 cm³/mol. The Kier molecular flexibility index (Phi) is 5.89. The zero-order chi connectivity index (χ0) is 16.5. The van der Waals surface area contributed by atoms with E-state index in [0.717, 1.165) is 11.1 Å². The van der Waals surface area contributed by atoms with Gasteiger partial charge in [-0.2, -0.15) is 5.26 Å². The van der Waals surface area contributed by atoms with E-state index in [1.807, 2.05) is 42.5 Å². The largest absolute Gasteiger partial charge is 0.352 e. The summed E-state index contributed by atoms with van der Waals surface area (Å²) in [5.74, 6) is -0.376. The van der Waals surface area contributed by atoms with Crippen molar-refractivity contribution in [2.24, 2.45) is 0 Å². The number of nitrogens with one attached hydrogen (secondary N) is 2. The Morgan fingerprint density at radius 3 is 2.26 bits per heavy atom. The summed E-state index contributed by atoms with van der Waals surface area (Å²) in [6.07, 6.45) is 0.181. The second-order valence-electron chi connectivity index (χ2n) is 5.02. The number of hydrogen-bond donors (Lipinski definition) is 2. The monoisotopic (exact) mass is 307 g/mol. The van der Waals surface area contributed by atoms with Crippen molar-refractivity contribution < 1.29 is 9.59 Å². The molecule has 2 N–H and O–H groups in total. The summed E-state index contributed by atoms with van der Waals surface area (Å²) in [5.41, 5.74) is 2.54. The van der Waals surface area contributed by atoms with Gasteiger partial charge in [-0.3, -0.25) is 9.59 Å². The molecule has 2 amide bonds. The lowest BCUT2D eigenvalue weighted by Gasteiger charge is -2.07. The first-order chi connectivity index (χ1) is 11.2. The van der Waals surface area contributed by atoms with Gasteiger partial charge >= 0.3 is 0 Å². The summed E-state index contributed by atoms with van der Waals surface area (Å²) in [5, 5.41) is 13.9. The van der Waals surface area contributed by atoms with Crippen LogP contribution in [0.25, 0.3) is 0 Å². The molecule has 5 heteroatoms. The molecule has 0 bridgehead atoms. The number of rotatable bonds is 6. The van der Waals surface area contributed by atoms with E-state index >= 15 is 0 Å². The SMILES string of the molecule is N#CCC(=O)Nc1ccc(CNC(=O)Cc2ccccc2)cc1. The molecule has 0 fully saturated rings. The zero-order valence-electron chi connectivity index (χ0n) is 12.6. The van der Waals surface area contributed by atoms with Crippen LogP contribution < -0.4 is 10.6 Å². The van der Waals surface area contributed by atoms with Gasteiger partial charge in [-0.05, 0) is 23.3 Å². The Morgan fingerprint density at radius 2 is 1.61 bits per heavy atom. The molecule has 23 heavy (non-hydrogen) atoms.